The first-order chi connectivity index (χ1) is 10.5. The summed E-state index contributed by atoms with van der Waals surface area (Å²) in [5.41, 5.74) is 0. The molecule has 1 aliphatic heterocycles. The van der Waals surface area contributed by atoms with E-state index >= 15 is 0 Å². The van der Waals surface area contributed by atoms with E-state index in [0.29, 0.717) is 45.2 Å². The minimum Gasteiger partial charge on any atom is -0.379 e. The van der Waals surface area contributed by atoms with Gasteiger partial charge in [-0.05, 0) is 12.1 Å². The largest absolute Gasteiger partial charge is 0.379 e. The van der Waals surface area contributed by atoms with E-state index in [1.165, 1.54) is 23.5 Å². The molecule has 0 atom stereocenters. The van der Waals surface area contributed by atoms with Gasteiger partial charge in [-0.3, -0.25) is 4.79 Å². The van der Waals surface area contributed by atoms with Crippen LogP contribution in [0.5, 0.6) is 0 Å². The summed E-state index contributed by atoms with van der Waals surface area (Å²) in [5.74, 6) is 0.466. The molecule has 2 heterocycles. The number of ether oxygens (including phenoxy) is 1. The lowest BCUT2D eigenvalue weighted by molar-refractivity contribution is -0.118. The van der Waals surface area contributed by atoms with Crippen LogP contribution in [-0.4, -0.2) is 63.0 Å². The molecule has 1 aliphatic rings. The van der Waals surface area contributed by atoms with Crippen LogP contribution in [-0.2, 0) is 19.6 Å². The molecule has 2 rings (SSSR count). The average Bonchev–Trinajstić information content (AvgIpc) is 2.53. The first-order valence-corrected chi connectivity index (χ1v) is 8.46. The summed E-state index contributed by atoms with van der Waals surface area (Å²) in [6.45, 7) is 3.99. The van der Waals surface area contributed by atoms with E-state index < -0.39 is 10.0 Å². The number of nitrogens with one attached hydrogen (secondary N) is 2. The average molecular weight is 328 g/mol. The summed E-state index contributed by atoms with van der Waals surface area (Å²) in [6.07, 6.45) is 1.34. The molecule has 2 N–H and O–H groups in total. The van der Waals surface area contributed by atoms with Gasteiger partial charge in [-0.1, -0.05) is 0 Å². The van der Waals surface area contributed by atoms with Gasteiger partial charge in [0.05, 0.1) is 13.2 Å². The normalized spacial score (nSPS) is 16.2. The van der Waals surface area contributed by atoms with E-state index in [0.717, 1.165) is 0 Å². The Morgan fingerprint density at radius 3 is 2.64 bits per heavy atom. The fourth-order valence-electron chi connectivity index (χ4n) is 2.00. The van der Waals surface area contributed by atoms with Crippen LogP contribution in [0.15, 0.2) is 23.2 Å². The molecular weight excluding hydrogens is 308 g/mol. The second-order valence-electron chi connectivity index (χ2n) is 4.81. The lowest BCUT2D eigenvalue weighted by Crippen LogP contribution is -2.40. The molecule has 0 saturated carbocycles. The van der Waals surface area contributed by atoms with Crippen molar-refractivity contribution in [1.82, 2.24) is 14.6 Å². The molecule has 0 aromatic carbocycles. The van der Waals surface area contributed by atoms with E-state index in [2.05, 4.69) is 15.6 Å². The van der Waals surface area contributed by atoms with Gasteiger partial charge >= 0.3 is 0 Å². The number of carbonyl (C=O) groups excluding carboxylic acids is 1. The topological polar surface area (TPSA) is 101 Å². The second-order valence-corrected chi connectivity index (χ2v) is 6.74. The SMILES string of the molecule is CC(=O)NCCNc1ccc(S(=O)(=O)N2CCOCC2)cn1. The van der Waals surface area contributed by atoms with Crippen LogP contribution in [0.2, 0.25) is 0 Å². The highest BCUT2D eigenvalue weighted by Crippen LogP contribution is 2.17. The first kappa shape index (κ1) is 16.7. The number of carbonyl (C=O) groups is 1. The molecule has 8 nitrogen and oxygen atoms in total. The third kappa shape index (κ3) is 4.39. The van der Waals surface area contributed by atoms with Gasteiger partial charge < -0.3 is 15.4 Å². The maximum atomic E-state index is 12.4. The van der Waals surface area contributed by atoms with E-state index in [1.807, 2.05) is 0 Å². The summed E-state index contributed by atoms with van der Waals surface area (Å²) in [4.78, 5) is 15.0. The fraction of sp³-hybridized carbons (Fsp3) is 0.538. The van der Waals surface area contributed by atoms with Crippen molar-refractivity contribution >= 4 is 21.7 Å². The summed E-state index contributed by atoms with van der Waals surface area (Å²) in [7, 11) is -3.51. The van der Waals surface area contributed by atoms with Gasteiger partial charge in [0.15, 0.2) is 0 Å². The number of nitrogens with zero attached hydrogens (tertiary/aromatic N) is 2. The van der Waals surface area contributed by atoms with Gasteiger partial charge in [0.25, 0.3) is 0 Å². The summed E-state index contributed by atoms with van der Waals surface area (Å²) >= 11 is 0. The van der Waals surface area contributed by atoms with Crippen molar-refractivity contribution in [2.45, 2.75) is 11.8 Å². The molecule has 0 radical (unpaired) electrons. The molecule has 0 unspecified atom stereocenters. The molecule has 122 valence electrons. The Balaban J connectivity index is 1.94. The van der Waals surface area contributed by atoms with Crippen molar-refractivity contribution in [2.75, 3.05) is 44.7 Å². The quantitative estimate of drug-likeness (QED) is 0.692. The standard InChI is InChI=1S/C13H20N4O4S/c1-11(18)14-4-5-15-13-3-2-12(10-16-13)22(19,20)17-6-8-21-9-7-17/h2-3,10H,4-9H2,1H3,(H,14,18)(H,15,16). The molecule has 1 aromatic rings. The number of morpholine rings is 1. The van der Waals surface area contributed by atoms with Crippen LogP contribution < -0.4 is 10.6 Å². The highest BCUT2D eigenvalue weighted by Gasteiger charge is 2.26. The predicted molar refractivity (Wildman–Crippen MR) is 81.0 cm³/mol. The van der Waals surface area contributed by atoms with Gasteiger partial charge in [0.1, 0.15) is 10.7 Å². The Hall–Kier alpha value is -1.71. The van der Waals surface area contributed by atoms with Crippen LogP contribution in [0, 0.1) is 0 Å². The summed E-state index contributed by atoms with van der Waals surface area (Å²) < 4.78 is 31.4. The lowest BCUT2D eigenvalue weighted by atomic mass is 10.4. The molecule has 1 saturated heterocycles. The van der Waals surface area contributed by atoms with Gasteiger partial charge in [-0.2, -0.15) is 4.31 Å². The Labute approximate surface area is 129 Å². The number of sulfonamides is 1. The molecule has 0 aliphatic carbocycles. The molecule has 9 heteroatoms. The number of hydrogen-bond donors (Lipinski definition) is 2. The molecule has 1 fully saturated rings. The zero-order chi connectivity index (χ0) is 16.0. The van der Waals surface area contributed by atoms with E-state index in [-0.39, 0.29) is 10.8 Å². The molecule has 0 spiro atoms. The van der Waals surface area contributed by atoms with Crippen LogP contribution in [0.25, 0.3) is 0 Å². The predicted octanol–water partition coefficient (Wildman–Crippen LogP) is -0.349. The number of amides is 1. The van der Waals surface area contributed by atoms with Crippen molar-refractivity contribution in [1.29, 1.82) is 0 Å². The Morgan fingerprint density at radius 2 is 2.05 bits per heavy atom. The highest BCUT2D eigenvalue weighted by molar-refractivity contribution is 7.89. The minimum atomic E-state index is -3.51. The van der Waals surface area contributed by atoms with Gasteiger partial charge in [0, 0.05) is 39.3 Å². The molecule has 1 amide bonds. The zero-order valence-electron chi connectivity index (χ0n) is 12.4. The van der Waals surface area contributed by atoms with Crippen LogP contribution in [0.3, 0.4) is 0 Å². The van der Waals surface area contributed by atoms with Crippen LogP contribution in [0.4, 0.5) is 5.82 Å². The molecule has 22 heavy (non-hydrogen) atoms. The van der Waals surface area contributed by atoms with Crippen molar-refractivity contribution in [2.24, 2.45) is 0 Å². The minimum absolute atomic E-state index is 0.0956. The number of hydrogen-bond acceptors (Lipinski definition) is 6. The zero-order valence-corrected chi connectivity index (χ0v) is 13.2. The maximum Gasteiger partial charge on any atom is 0.244 e. The van der Waals surface area contributed by atoms with Crippen LogP contribution >= 0.6 is 0 Å². The third-order valence-corrected chi connectivity index (χ3v) is 5.03. The fourth-order valence-corrected chi connectivity index (χ4v) is 3.36. The number of aromatic nitrogens is 1. The molecule has 1 aromatic heterocycles. The van der Waals surface area contributed by atoms with Crippen LogP contribution in [0.1, 0.15) is 6.92 Å². The third-order valence-electron chi connectivity index (χ3n) is 3.15. The molecular formula is C13H20N4O4S. The summed E-state index contributed by atoms with van der Waals surface area (Å²) in [5, 5.41) is 5.65. The van der Waals surface area contributed by atoms with Crippen molar-refractivity contribution in [3.8, 4) is 0 Å². The Bertz CT molecular complexity index is 597. The first-order valence-electron chi connectivity index (χ1n) is 7.02. The Morgan fingerprint density at radius 1 is 1.32 bits per heavy atom. The van der Waals surface area contributed by atoms with Gasteiger partial charge in [-0.15, -0.1) is 0 Å². The van der Waals surface area contributed by atoms with Gasteiger partial charge in [-0.25, -0.2) is 13.4 Å². The number of rotatable bonds is 6. The lowest BCUT2D eigenvalue weighted by Gasteiger charge is -2.25. The number of anilines is 1. The highest BCUT2D eigenvalue weighted by atomic mass is 32.2. The second kappa shape index (κ2) is 7.52. The molecule has 0 bridgehead atoms. The smallest absolute Gasteiger partial charge is 0.244 e. The van der Waals surface area contributed by atoms with E-state index in [4.69, 9.17) is 4.74 Å². The van der Waals surface area contributed by atoms with E-state index in [9.17, 15) is 13.2 Å². The maximum absolute atomic E-state index is 12.4. The summed E-state index contributed by atoms with van der Waals surface area (Å²) in [6, 6.07) is 3.14. The van der Waals surface area contributed by atoms with E-state index in [1.54, 1.807) is 6.07 Å². The van der Waals surface area contributed by atoms with Gasteiger partial charge in [0.2, 0.25) is 15.9 Å². The Kier molecular flexibility index (Phi) is 5.69. The number of pyridine rings is 1. The monoisotopic (exact) mass is 328 g/mol. The van der Waals surface area contributed by atoms with Crippen molar-refractivity contribution in [3.05, 3.63) is 18.3 Å². The van der Waals surface area contributed by atoms with Crippen molar-refractivity contribution < 1.29 is 17.9 Å². The van der Waals surface area contributed by atoms with Crippen molar-refractivity contribution in [3.63, 3.8) is 0 Å².